The number of hydrogen-bond acceptors (Lipinski definition) is 8. The van der Waals surface area contributed by atoms with Gasteiger partial charge in [0.05, 0.1) is 34.0 Å². The van der Waals surface area contributed by atoms with Crippen LogP contribution in [0.25, 0.3) is 22.3 Å². The van der Waals surface area contributed by atoms with Gasteiger partial charge in [0.25, 0.3) is 0 Å². The molecule has 0 amide bonds. The molecule has 1 aromatic heterocycles. The van der Waals surface area contributed by atoms with Crippen molar-refractivity contribution in [2.45, 2.75) is 0 Å². The fraction of sp³-hybridized carbons (Fsp3) is 0.211. The molecule has 0 radical (unpaired) electrons. The topological polar surface area (TPSA) is 108 Å². The van der Waals surface area contributed by atoms with E-state index in [1.807, 2.05) is 0 Å². The summed E-state index contributed by atoms with van der Waals surface area (Å²) >= 11 is 0. The third-order valence-electron chi connectivity index (χ3n) is 4.09. The van der Waals surface area contributed by atoms with Crippen molar-refractivity contribution in [1.82, 2.24) is 0 Å². The number of phenolic OH excluding ortho intramolecular Hbond substituents is 2. The van der Waals surface area contributed by atoms with Crippen LogP contribution in [0.15, 0.2) is 33.5 Å². The summed E-state index contributed by atoms with van der Waals surface area (Å²) in [5.74, 6) is 0.259. The van der Waals surface area contributed by atoms with Crippen molar-refractivity contribution in [3.63, 3.8) is 0 Å². The van der Waals surface area contributed by atoms with E-state index in [0.717, 1.165) is 0 Å². The van der Waals surface area contributed by atoms with Gasteiger partial charge in [-0.1, -0.05) is 0 Å². The Balaban J connectivity index is 2.37. The molecule has 142 valence electrons. The first-order chi connectivity index (χ1) is 12.9. The molecule has 0 atom stereocenters. The number of rotatable bonds is 5. The second-order valence-electron chi connectivity index (χ2n) is 5.54. The molecule has 8 heteroatoms. The van der Waals surface area contributed by atoms with Crippen molar-refractivity contribution in [3.8, 4) is 45.8 Å². The fourth-order valence-electron chi connectivity index (χ4n) is 2.83. The molecule has 0 aliphatic rings. The van der Waals surface area contributed by atoms with Gasteiger partial charge in [-0.25, -0.2) is 0 Å². The SMILES string of the molecule is COc1cc(O)c2c(=O)cc(-c3cc(OC)c(O)c(OC)c3OC)oc2c1. The molecule has 0 bridgehead atoms. The predicted octanol–water partition coefficient (Wildman–Crippen LogP) is 2.91. The van der Waals surface area contributed by atoms with Crippen LogP contribution in [0.3, 0.4) is 0 Å². The highest BCUT2D eigenvalue weighted by Crippen LogP contribution is 2.49. The summed E-state index contributed by atoms with van der Waals surface area (Å²) < 4.78 is 26.6. The summed E-state index contributed by atoms with van der Waals surface area (Å²) in [6.07, 6.45) is 0. The molecule has 0 fully saturated rings. The Labute approximate surface area is 154 Å². The summed E-state index contributed by atoms with van der Waals surface area (Å²) in [6, 6.07) is 5.48. The maximum atomic E-state index is 12.6. The minimum Gasteiger partial charge on any atom is -0.507 e. The van der Waals surface area contributed by atoms with Crippen molar-refractivity contribution in [3.05, 3.63) is 34.5 Å². The van der Waals surface area contributed by atoms with Crippen LogP contribution < -0.4 is 24.4 Å². The zero-order chi connectivity index (χ0) is 19.7. The molecular formula is C19H18O8. The lowest BCUT2D eigenvalue weighted by molar-refractivity contribution is 0.316. The van der Waals surface area contributed by atoms with E-state index in [-0.39, 0.29) is 45.5 Å². The smallest absolute Gasteiger partial charge is 0.207 e. The molecule has 3 rings (SSSR count). The molecule has 0 saturated heterocycles. The van der Waals surface area contributed by atoms with Crippen molar-refractivity contribution >= 4 is 11.0 Å². The first-order valence-corrected chi connectivity index (χ1v) is 7.82. The van der Waals surface area contributed by atoms with Gasteiger partial charge in [0.15, 0.2) is 16.9 Å². The van der Waals surface area contributed by atoms with Gasteiger partial charge in [0, 0.05) is 18.2 Å². The first kappa shape index (κ1) is 18.2. The van der Waals surface area contributed by atoms with Crippen molar-refractivity contribution in [1.29, 1.82) is 0 Å². The summed E-state index contributed by atoms with van der Waals surface area (Å²) in [4.78, 5) is 12.6. The van der Waals surface area contributed by atoms with Crippen LogP contribution in [0, 0.1) is 0 Å². The minimum absolute atomic E-state index is 0.0243. The molecule has 27 heavy (non-hydrogen) atoms. The molecular weight excluding hydrogens is 356 g/mol. The summed E-state index contributed by atoms with van der Waals surface area (Å²) in [6.45, 7) is 0. The van der Waals surface area contributed by atoms with Gasteiger partial charge in [-0.05, 0) is 6.07 Å². The summed E-state index contributed by atoms with van der Waals surface area (Å²) in [5, 5.41) is 20.3. The monoisotopic (exact) mass is 374 g/mol. The molecule has 8 nitrogen and oxygen atoms in total. The van der Waals surface area contributed by atoms with Crippen LogP contribution >= 0.6 is 0 Å². The number of phenols is 2. The Morgan fingerprint density at radius 1 is 0.852 bits per heavy atom. The highest BCUT2D eigenvalue weighted by atomic mass is 16.5. The molecule has 1 heterocycles. The van der Waals surface area contributed by atoms with Gasteiger partial charge >= 0.3 is 0 Å². The van der Waals surface area contributed by atoms with Gasteiger partial charge in [-0.2, -0.15) is 0 Å². The lowest BCUT2D eigenvalue weighted by atomic mass is 10.1. The Hall–Kier alpha value is -3.55. The first-order valence-electron chi connectivity index (χ1n) is 7.82. The number of methoxy groups -OCH3 is 4. The summed E-state index contributed by atoms with van der Waals surface area (Å²) in [5.41, 5.74) is -0.00723. The number of fused-ring (bicyclic) bond motifs is 1. The second kappa shape index (κ2) is 6.99. The Kier molecular flexibility index (Phi) is 4.72. The third kappa shape index (κ3) is 2.95. The van der Waals surface area contributed by atoms with Crippen molar-refractivity contribution < 1.29 is 33.6 Å². The van der Waals surface area contributed by atoms with E-state index in [0.29, 0.717) is 11.3 Å². The maximum Gasteiger partial charge on any atom is 0.207 e. The number of aromatic hydroxyl groups is 2. The standard InChI is InChI=1S/C19H18O8/c1-23-9-5-11(20)16-12(21)8-13(27-14(16)6-9)10-7-15(24-2)17(22)19(26-4)18(10)25-3/h5-8,20,22H,1-4H3. The minimum atomic E-state index is -0.459. The van der Waals surface area contributed by atoms with Crippen LogP contribution in [-0.4, -0.2) is 38.7 Å². The molecule has 3 aromatic rings. The number of hydrogen-bond donors (Lipinski definition) is 2. The second-order valence-corrected chi connectivity index (χ2v) is 5.54. The average molecular weight is 374 g/mol. The highest BCUT2D eigenvalue weighted by Gasteiger charge is 2.23. The number of ether oxygens (including phenoxy) is 4. The predicted molar refractivity (Wildman–Crippen MR) is 97.5 cm³/mol. The van der Waals surface area contributed by atoms with Crippen molar-refractivity contribution in [2.75, 3.05) is 28.4 Å². The van der Waals surface area contributed by atoms with Gasteiger partial charge in [-0.15, -0.1) is 0 Å². The van der Waals surface area contributed by atoms with E-state index in [4.69, 9.17) is 23.4 Å². The molecule has 0 saturated carbocycles. The Morgan fingerprint density at radius 3 is 2.15 bits per heavy atom. The van der Waals surface area contributed by atoms with Gasteiger partial charge < -0.3 is 33.6 Å². The van der Waals surface area contributed by atoms with Crippen LogP contribution in [0.2, 0.25) is 0 Å². The lowest BCUT2D eigenvalue weighted by Gasteiger charge is -2.16. The van der Waals surface area contributed by atoms with Gasteiger partial charge in [-0.3, -0.25) is 4.79 Å². The molecule has 0 spiro atoms. The van der Waals surface area contributed by atoms with Gasteiger partial charge in [0.1, 0.15) is 28.2 Å². The third-order valence-corrected chi connectivity index (χ3v) is 4.09. The largest absolute Gasteiger partial charge is 0.507 e. The fourth-order valence-corrected chi connectivity index (χ4v) is 2.83. The maximum absolute atomic E-state index is 12.6. The van der Waals surface area contributed by atoms with E-state index in [2.05, 4.69) is 0 Å². The zero-order valence-electron chi connectivity index (χ0n) is 15.2. The van der Waals surface area contributed by atoms with E-state index < -0.39 is 5.43 Å². The van der Waals surface area contributed by atoms with E-state index in [9.17, 15) is 15.0 Å². The number of benzene rings is 2. The average Bonchev–Trinajstić information content (AvgIpc) is 2.66. The Morgan fingerprint density at radius 2 is 1.56 bits per heavy atom. The molecule has 0 aliphatic heterocycles. The van der Waals surface area contributed by atoms with Crippen molar-refractivity contribution in [2.24, 2.45) is 0 Å². The van der Waals surface area contributed by atoms with Crippen LogP contribution in [0.5, 0.6) is 34.5 Å². The van der Waals surface area contributed by atoms with E-state index in [1.165, 1.54) is 52.7 Å². The zero-order valence-corrected chi connectivity index (χ0v) is 15.2. The van der Waals surface area contributed by atoms with E-state index in [1.54, 1.807) is 0 Å². The molecule has 2 aromatic carbocycles. The lowest BCUT2D eigenvalue weighted by Crippen LogP contribution is -2.03. The Bertz CT molecular complexity index is 1070. The normalized spacial score (nSPS) is 10.7. The van der Waals surface area contributed by atoms with Gasteiger partial charge in [0.2, 0.25) is 11.5 Å². The van der Waals surface area contributed by atoms with Crippen LogP contribution in [-0.2, 0) is 0 Å². The summed E-state index contributed by atoms with van der Waals surface area (Å²) in [7, 11) is 5.56. The van der Waals surface area contributed by atoms with Crippen LogP contribution in [0.4, 0.5) is 0 Å². The highest BCUT2D eigenvalue weighted by molar-refractivity contribution is 5.87. The van der Waals surface area contributed by atoms with Crippen LogP contribution in [0.1, 0.15) is 0 Å². The molecule has 2 N–H and O–H groups in total. The molecule has 0 unspecified atom stereocenters. The molecule has 0 aliphatic carbocycles. The quantitative estimate of drug-likeness (QED) is 0.702. The van der Waals surface area contributed by atoms with E-state index >= 15 is 0 Å².